The topological polar surface area (TPSA) is 37.5 Å². The molecule has 1 aliphatic heterocycles. The highest BCUT2D eigenvalue weighted by Gasteiger charge is 2.12. The molecule has 1 N–H and O–H groups in total. The van der Waals surface area contributed by atoms with Gasteiger partial charge in [-0.1, -0.05) is 0 Å². The summed E-state index contributed by atoms with van der Waals surface area (Å²) in [6.07, 6.45) is 5.28. The highest BCUT2D eigenvalue weighted by Crippen LogP contribution is 2.11. The molecule has 0 spiro atoms. The molecule has 1 aromatic carbocycles. The molecule has 0 bridgehead atoms. The minimum atomic E-state index is 0.681. The highest BCUT2D eigenvalue weighted by atomic mass is 16.5. The number of rotatable bonds is 5. The summed E-state index contributed by atoms with van der Waals surface area (Å²) in [5.41, 5.74) is 0.681. The molecule has 1 saturated heterocycles. The van der Waals surface area contributed by atoms with Gasteiger partial charge in [0.15, 0.2) is 0 Å². The molecule has 18 heavy (non-hydrogen) atoms. The SMILES string of the molecule is N#Cc1ccc(OCCC[NH+]2CCCCC2)cc1. The van der Waals surface area contributed by atoms with E-state index in [1.54, 1.807) is 17.0 Å². The quantitative estimate of drug-likeness (QED) is 0.796. The lowest BCUT2D eigenvalue weighted by atomic mass is 10.1. The zero-order chi connectivity index (χ0) is 12.6. The second-order valence-electron chi connectivity index (χ2n) is 4.90. The average Bonchev–Trinajstić information content (AvgIpc) is 2.45. The number of hydrogen-bond acceptors (Lipinski definition) is 2. The van der Waals surface area contributed by atoms with Crippen molar-refractivity contribution in [2.45, 2.75) is 25.7 Å². The minimum absolute atomic E-state index is 0.681. The van der Waals surface area contributed by atoms with E-state index in [9.17, 15) is 0 Å². The van der Waals surface area contributed by atoms with Gasteiger partial charge in [0.05, 0.1) is 37.9 Å². The van der Waals surface area contributed by atoms with Crippen LogP contribution in [0.4, 0.5) is 0 Å². The first-order chi connectivity index (χ1) is 8.88. The Morgan fingerprint density at radius 2 is 1.83 bits per heavy atom. The molecule has 3 heteroatoms. The predicted octanol–water partition coefficient (Wildman–Crippen LogP) is 1.40. The lowest BCUT2D eigenvalue weighted by Gasteiger charge is -2.23. The van der Waals surface area contributed by atoms with Gasteiger partial charge in [0, 0.05) is 6.42 Å². The van der Waals surface area contributed by atoms with Crippen LogP contribution in [0.1, 0.15) is 31.2 Å². The van der Waals surface area contributed by atoms with Gasteiger partial charge in [-0.3, -0.25) is 0 Å². The van der Waals surface area contributed by atoms with Crippen LogP contribution in [0, 0.1) is 11.3 Å². The van der Waals surface area contributed by atoms with E-state index in [0.717, 1.165) is 18.8 Å². The Labute approximate surface area is 109 Å². The highest BCUT2D eigenvalue weighted by molar-refractivity contribution is 5.34. The second kappa shape index (κ2) is 7.03. The fourth-order valence-corrected chi connectivity index (χ4v) is 2.44. The van der Waals surface area contributed by atoms with E-state index < -0.39 is 0 Å². The summed E-state index contributed by atoms with van der Waals surface area (Å²) in [6, 6.07) is 9.43. The van der Waals surface area contributed by atoms with Crippen LogP contribution in [0.25, 0.3) is 0 Å². The van der Waals surface area contributed by atoms with Crippen molar-refractivity contribution in [1.29, 1.82) is 5.26 Å². The molecule has 0 radical (unpaired) electrons. The summed E-state index contributed by atoms with van der Waals surface area (Å²) in [6.45, 7) is 4.65. The van der Waals surface area contributed by atoms with Crippen LogP contribution >= 0.6 is 0 Å². The molecule has 2 rings (SSSR count). The maximum atomic E-state index is 8.69. The predicted molar refractivity (Wildman–Crippen MR) is 70.7 cm³/mol. The van der Waals surface area contributed by atoms with Crippen molar-refractivity contribution in [1.82, 2.24) is 0 Å². The second-order valence-corrected chi connectivity index (χ2v) is 4.90. The summed E-state index contributed by atoms with van der Waals surface area (Å²) in [5, 5.41) is 8.69. The third-order valence-electron chi connectivity index (χ3n) is 3.49. The maximum absolute atomic E-state index is 8.69. The van der Waals surface area contributed by atoms with E-state index in [0.29, 0.717) is 5.56 Å². The van der Waals surface area contributed by atoms with E-state index in [4.69, 9.17) is 10.00 Å². The maximum Gasteiger partial charge on any atom is 0.119 e. The van der Waals surface area contributed by atoms with E-state index in [1.807, 2.05) is 12.1 Å². The van der Waals surface area contributed by atoms with Crippen molar-refractivity contribution in [3.8, 4) is 11.8 Å². The zero-order valence-corrected chi connectivity index (χ0v) is 10.8. The van der Waals surface area contributed by atoms with Crippen molar-refractivity contribution in [3.05, 3.63) is 29.8 Å². The molecule has 0 unspecified atom stereocenters. The summed E-state index contributed by atoms with van der Waals surface area (Å²) in [4.78, 5) is 1.73. The number of ether oxygens (including phenoxy) is 1. The molecular formula is C15H21N2O+. The van der Waals surface area contributed by atoms with Crippen LogP contribution in [0.2, 0.25) is 0 Å². The number of nitrogens with zero attached hydrogens (tertiary/aromatic N) is 1. The summed E-state index contributed by atoms with van der Waals surface area (Å²) in [5.74, 6) is 0.864. The Kier molecular flexibility index (Phi) is 5.04. The van der Waals surface area contributed by atoms with E-state index in [2.05, 4.69) is 6.07 Å². The van der Waals surface area contributed by atoms with Crippen molar-refractivity contribution in [3.63, 3.8) is 0 Å². The first kappa shape index (κ1) is 12.9. The van der Waals surface area contributed by atoms with Gasteiger partial charge in [-0.05, 0) is 43.5 Å². The molecule has 0 amide bonds. The van der Waals surface area contributed by atoms with E-state index in [-0.39, 0.29) is 0 Å². The number of benzene rings is 1. The molecule has 1 fully saturated rings. The minimum Gasteiger partial charge on any atom is -0.493 e. The molecule has 0 aromatic heterocycles. The fraction of sp³-hybridized carbons (Fsp3) is 0.533. The fourth-order valence-electron chi connectivity index (χ4n) is 2.44. The van der Waals surface area contributed by atoms with E-state index in [1.165, 1.54) is 38.9 Å². The lowest BCUT2D eigenvalue weighted by Crippen LogP contribution is -3.12. The Bertz CT molecular complexity index is 388. The summed E-state index contributed by atoms with van der Waals surface area (Å²) in [7, 11) is 0. The smallest absolute Gasteiger partial charge is 0.119 e. The van der Waals surface area contributed by atoms with Gasteiger partial charge >= 0.3 is 0 Å². The summed E-state index contributed by atoms with van der Waals surface area (Å²) >= 11 is 0. The van der Waals surface area contributed by atoms with Gasteiger partial charge in [-0.25, -0.2) is 0 Å². The van der Waals surface area contributed by atoms with Crippen LogP contribution in [-0.2, 0) is 0 Å². The first-order valence-electron chi connectivity index (χ1n) is 6.85. The van der Waals surface area contributed by atoms with Crippen molar-refractivity contribution in [2.24, 2.45) is 0 Å². The molecule has 3 nitrogen and oxygen atoms in total. The van der Waals surface area contributed by atoms with Gasteiger partial charge in [-0.15, -0.1) is 0 Å². The number of nitriles is 1. The van der Waals surface area contributed by atoms with Crippen LogP contribution in [0.3, 0.4) is 0 Å². The average molecular weight is 245 g/mol. The largest absolute Gasteiger partial charge is 0.493 e. The standard InChI is InChI=1S/C15H20N2O/c16-13-14-5-7-15(8-6-14)18-12-4-11-17-9-2-1-3-10-17/h5-8H,1-4,9-12H2/p+1. The molecule has 1 aliphatic rings. The molecule has 1 aromatic rings. The molecule has 0 aliphatic carbocycles. The van der Waals surface area contributed by atoms with Crippen molar-refractivity contribution < 1.29 is 9.64 Å². The third-order valence-corrected chi connectivity index (χ3v) is 3.49. The molecule has 0 atom stereocenters. The Hall–Kier alpha value is -1.53. The number of nitrogens with one attached hydrogen (secondary N) is 1. The lowest BCUT2D eigenvalue weighted by molar-refractivity contribution is -0.905. The van der Waals surface area contributed by atoms with Gasteiger partial charge in [-0.2, -0.15) is 5.26 Å². The Balaban J connectivity index is 1.63. The number of likely N-dealkylation sites (tertiary alicyclic amines) is 1. The van der Waals surface area contributed by atoms with Gasteiger partial charge in [0.1, 0.15) is 5.75 Å². The molecule has 96 valence electrons. The number of piperidine rings is 1. The van der Waals surface area contributed by atoms with Crippen molar-refractivity contribution >= 4 is 0 Å². The van der Waals surface area contributed by atoms with Gasteiger partial charge in [0.25, 0.3) is 0 Å². The monoisotopic (exact) mass is 245 g/mol. The Morgan fingerprint density at radius 1 is 1.11 bits per heavy atom. The molecule has 1 heterocycles. The molecule has 0 saturated carbocycles. The van der Waals surface area contributed by atoms with E-state index >= 15 is 0 Å². The van der Waals surface area contributed by atoms with Crippen LogP contribution in [0.15, 0.2) is 24.3 Å². The zero-order valence-electron chi connectivity index (χ0n) is 10.8. The van der Waals surface area contributed by atoms with Gasteiger partial charge < -0.3 is 9.64 Å². The van der Waals surface area contributed by atoms with Crippen LogP contribution in [-0.4, -0.2) is 26.2 Å². The summed E-state index contributed by atoms with van der Waals surface area (Å²) < 4.78 is 5.67. The Morgan fingerprint density at radius 3 is 2.50 bits per heavy atom. The third kappa shape index (κ3) is 4.05. The normalized spacial score (nSPS) is 16.2. The number of quaternary nitrogens is 1. The van der Waals surface area contributed by atoms with Crippen LogP contribution in [0.5, 0.6) is 5.75 Å². The van der Waals surface area contributed by atoms with Crippen LogP contribution < -0.4 is 9.64 Å². The van der Waals surface area contributed by atoms with Crippen molar-refractivity contribution in [2.75, 3.05) is 26.2 Å². The van der Waals surface area contributed by atoms with Gasteiger partial charge in [0.2, 0.25) is 0 Å². The number of hydrogen-bond donors (Lipinski definition) is 1. The first-order valence-corrected chi connectivity index (χ1v) is 6.85. The molecular weight excluding hydrogens is 224 g/mol.